The summed E-state index contributed by atoms with van der Waals surface area (Å²) in [5.41, 5.74) is 7.85. The summed E-state index contributed by atoms with van der Waals surface area (Å²) < 4.78 is 27.2. The van der Waals surface area contributed by atoms with Crippen LogP contribution < -0.4 is 11.1 Å². The maximum atomic E-state index is 12.9. The number of nitrogen functional groups attached to an aromatic ring is 1. The van der Waals surface area contributed by atoms with E-state index >= 15 is 0 Å². The Kier molecular flexibility index (Phi) is 6.86. The zero-order chi connectivity index (χ0) is 18.7. The second kappa shape index (κ2) is 8.73. The van der Waals surface area contributed by atoms with Crippen molar-refractivity contribution in [1.82, 2.24) is 4.31 Å². The van der Waals surface area contributed by atoms with Crippen molar-refractivity contribution in [3.05, 3.63) is 53.6 Å². The molecule has 0 saturated carbocycles. The van der Waals surface area contributed by atoms with Crippen LogP contribution in [0.2, 0.25) is 0 Å². The lowest BCUT2D eigenvalue weighted by Gasteiger charge is -2.26. The highest BCUT2D eigenvalue weighted by molar-refractivity contribution is 7.89. The van der Waals surface area contributed by atoms with Gasteiger partial charge in [0.05, 0.1) is 16.3 Å². The van der Waals surface area contributed by atoms with Gasteiger partial charge >= 0.3 is 0 Å². The first-order valence-corrected chi connectivity index (χ1v) is 10.1. The number of para-hydroxylation sites is 2. The highest BCUT2D eigenvalue weighted by Gasteiger charge is 2.27. The Hall–Kier alpha value is -2.09. The number of amides is 1. The predicted octanol–water partition coefficient (Wildman–Crippen LogP) is 3.43. The zero-order valence-corrected chi connectivity index (χ0v) is 16.8. The minimum Gasteiger partial charge on any atom is -0.397 e. The van der Waals surface area contributed by atoms with E-state index in [1.54, 1.807) is 43.3 Å². The van der Waals surface area contributed by atoms with Crippen LogP contribution in [0.4, 0.5) is 11.4 Å². The number of halogens is 1. The van der Waals surface area contributed by atoms with E-state index in [4.69, 9.17) is 5.73 Å². The Balaban J connectivity index is 0.00000261. The maximum Gasteiger partial charge on any atom is 0.256 e. The van der Waals surface area contributed by atoms with Crippen molar-refractivity contribution in [2.45, 2.75) is 31.1 Å². The third-order valence-corrected chi connectivity index (χ3v) is 6.51. The molecule has 0 aliphatic carbocycles. The average Bonchev–Trinajstić information content (AvgIpc) is 2.64. The first-order valence-electron chi connectivity index (χ1n) is 8.66. The van der Waals surface area contributed by atoms with Gasteiger partial charge < -0.3 is 11.1 Å². The molecule has 0 unspecified atom stereocenters. The molecule has 27 heavy (non-hydrogen) atoms. The van der Waals surface area contributed by atoms with Gasteiger partial charge in [-0.15, -0.1) is 12.4 Å². The van der Waals surface area contributed by atoms with Gasteiger partial charge in [-0.3, -0.25) is 4.79 Å². The van der Waals surface area contributed by atoms with Gasteiger partial charge in [0.25, 0.3) is 5.91 Å². The fourth-order valence-electron chi connectivity index (χ4n) is 3.06. The van der Waals surface area contributed by atoms with Crippen LogP contribution in [0.1, 0.15) is 35.2 Å². The Bertz CT molecular complexity index is 926. The molecular formula is C19H24ClN3O3S. The molecule has 3 N–H and O–H groups in total. The van der Waals surface area contributed by atoms with Crippen LogP contribution in [0.3, 0.4) is 0 Å². The Morgan fingerprint density at radius 1 is 1.07 bits per heavy atom. The standard InChI is InChI=1S/C19H23N3O3S.ClH/c1-14-9-10-15(26(24,25)22-11-5-2-6-12-22)13-16(14)19(23)21-18-8-4-3-7-17(18)20;/h3-4,7-10,13H,2,5-6,11-12,20H2,1H3,(H,21,23);1H. The predicted molar refractivity (Wildman–Crippen MR) is 110 cm³/mol. The van der Waals surface area contributed by atoms with E-state index in [9.17, 15) is 13.2 Å². The average molecular weight is 410 g/mol. The lowest BCUT2D eigenvalue weighted by atomic mass is 10.1. The summed E-state index contributed by atoms with van der Waals surface area (Å²) >= 11 is 0. The normalized spacial score (nSPS) is 15.0. The molecule has 3 rings (SSSR count). The van der Waals surface area contributed by atoms with E-state index in [2.05, 4.69) is 5.32 Å². The summed E-state index contributed by atoms with van der Waals surface area (Å²) in [4.78, 5) is 12.8. The van der Waals surface area contributed by atoms with Crippen molar-refractivity contribution < 1.29 is 13.2 Å². The molecule has 0 bridgehead atoms. The van der Waals surface area contributed by atoms with Gasteiger partial charge in [0.15, 0.2) is 0 Å². The van der Waals surface area contributed by atoms with Crippen LogP contribution in [-0.2, 0) is 10.0 Å². The van der Waals surface area contributed by atoms with Crippen LogP contribution in [0.5, 0.6) is 0 Å². The van der Waals surface area contributed by atoms with E-state index in [-0.39, 0.29) is 23.2 Å². The molecule has 0 atom stereocenters. The number of sulfonamides is 1. The zero-order valence-electron chi connectivity index (χ0n) is 15.1. The first kappa shape index (κ1) is 21.2. The molecule has 2 aromatic rings. The van der Waals surface area contributed by atoms with Gasteiger partial charge in [0.1, 0.15) is 0 Å². The number of rotatable bonds is 4. The van der Waals surface area contributed by atoms with Crippen molar-refractivity contribution in [2.24, 2.45) is 0 Å². The molecular weight excluding hydrogens is 386 g/mol. The molecule has 1 amide bonds. The fourth-order valence-corrected chi connectivity index (χ4v) is 4.60. The lowest BCUT2D eigenvalue weighted by molar-refractivity contribution is 0.102. The molecule has 2 aromatic carbocycles. The first-order chi connectivity index (χ1) is 12.4. The van der Waals surface area contributed by atoms with Crippen LogP contribution in [0.25, 0.3) is 0 Å². The van der Waals surface area contributed by atoms with Crippen LogP contribution >= 0.6 is 12.4 Å². The minimum atomic E-state index is -3.59. The van der Waals surface area contributed by atoms with Crippen LogP contribution in [-0.4, -0.2) is 31.7 Å². The molecule has 1 saturated heterocycles. The molecule has 0 aromatic heterocycles. The molecule has 0 spiro atoms. The molecule has 8 heteroatoms. The Morgan fingerprint density at radius 3 is 2.41 bits per heavy atom. The molecule has 1 aliphatic heterocycles. The monoisotopic (exact) mass is 409 g/mol. The second-order valence-electron chi connectivity index (χ2n) is 6.48. The largest absolute Gasteiger partial charge is 0.397 e. The highest BCUT2D eigenvalue weighted by atomic mass is 35.5. The summed E-state index contributed by atoms with van der Waals surface area (Å²) in [5.74, 6) is -0.379. The summed E-state index contributed by atoms with van der Waals surface area (Å²) in [6.45, 7) is 2.83. The topological polar surface area (TPSA) is 92.5 Å². The van der Waals surface area contributed by atoms with Gasteiger partial charge in [0.2, 0.25) is 10.0 Å². The van der Waals surface area contributed by atoms with E-state index in [1.165, 1.54) is 10.4 Å². The summed E-state index contributed by atoms with van der Waals surface area (Å²) in [6, 6.07) is 11.6. The number of benzene rings is 2. The van der Waals surface area contributed by atoms with Crippen LogP contribution in [0.15, 0.2) is 47.4 Å². The van der Waals surface area contributed by atoms with Gasteiger partial charge in [-0.2, -0.15) is 4.31 Å². The van der Waals surface area contributed by atoms with Crippen molar-refractivity contribution in [2.75, 3.05) is 24.1 Å². The SMILES string of the molecule is Cc1ccc(S(=O)(=O)N2CCCCC2)cc1C(=O)Nc1ccccc1N.Cl. The number of carbonyl (C=O) groups is 1. The third kappa shape index (κ3) is 4.61. The van der Waals surface area contributed by atoms with Gasteiger partial charge in [0, 0.05) is 18.7 Å². The highest BCUT2D eigenvalue weighted by Crippen LogP contribution is 2.24. The number of hydrogen-bond donors (Lipinski definition) is 2. The fraction of sp³-hybridized carbons (Fsp3) is 0.316. The van der Waals surface area contributed by atoms with E-state index in [0.29, 0.717) is 35.6 Å². The summed E-state index contributed by atoms with van der Waals surface area (Å²) in [6.07, 6.45) is 2.78. The molecule has 1 fully saturated rings. The number of hydrogen-bond acceptors (Lipinski definition) is 4. The summed E-state index contributed by atoms with van der Waals surface area (Å²) in [5, 5.41) is 2.75. The quantitative estimate of drug-likeness (QED) is 0.756. The van der Waals surface area contributed by atoms with Gasteiger partial charge in [-0.25, -0.2) is 8.42 Å². The molecule has 146 valence electrons. The maximum absolute atomic E-state index is 12.9. The lowest BCUT2D eigenvalue weighted by Crippen LogP contribution is -2.35. The molecule has 1 heterocycles. The van der Waals surface area contributed by atoms with Crippen molar-refractivity contribution >= 4 is 39.7 Å². The minimum absolute atomic E-state index is 0. The molecule has 0 radical (unpaired) electrons. The number of anilines is 2. The Labute approximate surface area is 166 Å². The van der Waals surface area contributed by atoms with Crippen LogP contribution in [0, 0.1) is 6.92 Å². The van der Waals surface area contributed by atoms with E-state index < -0.39 is 10.0 Å². The van der Waals surface area contributed by atoms with Gasteiger partial charge in [-0.05, 0) is 49.6 Å². The van der Waals surface area contributed by atoms with Gasteiger partial charge in [-0.1, -0.05) is 24.6 Å². The van der Waals surface area contributed by atoms with E-state index in [1.807, 2.05) is 0 Å². The van der Waals surface area contributed by atoms with Crippen molar-refractivity contribution in [3.8, 4) is 0 Å². The molecule has 1 aliphatic rings. The van der Waals surface area contributed by atoms with Crippen molar-refractivity contribution in [3.63, 3.8) is 0 Å². The summed E-state index contributed by atoms with van der Waals surface area (Å²) in [7, 11) is -3.59. The van der Waals surface area contributed by atoms with E-state index in [0.717, 1.165) is 19.3 Å². The number of carbonyl (C=O) groups excluding carboxylic acids is 1. The number of nitrogens with two attached hydrogens (primary N) is 1. The van der Waals surface area contributed by atoms with Crippen molar-refractivity contribution in [1.29, 1.82) is 0 Å². The number of nitrogens with one attached hydrogen (secondary N) is 1. The smallest absolute Gasteiger partial charge is 0.256 e. The second-order valence-corrected chi connectivity index (χ2v) is 8.42. The number of aryl methyl sites for hydroxylation is 1. The number of nitrogens with zero attached hydrogens (tertiary/aromatic N) is 1. The Morgan fingerprint density at radius 2 is 1.74 bits per heavy atom. The third-order valence-electron chi connectivity index (χ3n) is 4.62. The molecule has 6 nitrogen and oxygen atoms in total. The number of piperidine rings is 1.